The summed E-state index contributed by atoms with van der Waals surface area (Å²) in [5, 5.41) is 18.5. The van der Waals surface area contributed by atoms with Crippen LogP contribution in [-0.4, -0.2) is 48.6 Å². The van der Waals surface area contributed by atoms with Crippen molar-refractivity contribution in [3.63, 3.8) is 0 Å². The maximum atomic E-state index is 12.5. The van der Waals surface area contributed by atoms with Crippen LogP contribution in [-0.2, 0) is 9.47 Å². The molecule has 2 aromatic rings. The van der Waals surface area contributed by atoms with E-state index in [0.717, 1.165) is 62.5 Å². The monoisotopic (exact) mass is 494 g/mol. The van der Waals surface area contributed by atoms with Gasteiger partial charge in [0.25, 0.3) is 0 Å². The van der Waals surface area contributed by atoms with E-state index in [1.165, 1.54) is 0 Å². The fourth-order valence-electron chi connectivity index (χ4n) is 5.31. The standard InChI is InChI=1S/C30H38O6/c31-17-21-1-5-23(6-2-21)19-35-29(33)27-13-9-25(10-14-27)26-11-15-28(16-12-26)30(34)36-20-24-7-3-22(18-32)4-8-24/h9-16,21-24,31-32H,1-8,17-20H2. The summed E-state index contributed by atoms with van der Waals surface area (Å²) in [5.74, 6) is 0.923. The molecular weight excluding hydrogens is 456 g/mol. The first kappa shape index (κ1) is 26.4. The Hall–Kier alpha value is -2.70. The fourth-order valence-corrected chi connectivity index (χ4v) is 5.31. The van der Waals surface area contributed by atoms with Crippen molar-refractivity contribution < 1.29 is 29.3 Å². The molecule has 0 radical (unpaired) electrons. The number of hydrogen-bond acceptors (Lipinski definition) is 6. The maximum absolute atomic E-state index is 12.5. The molecule has 2 aliphatic carbocycles. The van der Waals surface area contributed by atoms with Crippen LogP contribution >= 0.6 is 0 Å². The molecular formula is C30H38O6. The van der Waals surface area contributed by atoms with Crippen molar-refractivity contribution in [2.75, 3.05) is 26.4 Å². The number of aliphatic hydroxyl groups is 2. The van der Waals surface area contributed by atoms with Gasteiger partial charge in [-0.2, -0.15) is 0 Å². The van der Waals surface area contributed by atoms with E-state index in [1.54, 1.807) is 24.3 Å². The molecule has 0 heterocycles. The third kappa shape index (κ3) is 7.17. The van der Waals surface area contributed by atoms with Crippen LogP contribution in [0.25, 0.3) is 11.1 Å². The highest BCUT2D eigenvalue weighted by molar-refractivity contribution is 5.91. The Kier molecular flexibility index (Phi) is 9.54. The van der Waals surface area contributed by atoms with Crippen LogP contribution in [0.15, 0.2) is 48.5 Å². The number of carbonyl (C=O) groups is 2. The topological polar surface area (TPSA) is 93.1 Å². The van der Waals surface area contributed by atoms with Crippen molar-refractivity contribution in [1.82, 2.24) is 0 Å². The normalized spacial score (nSPS) is 24.2. The van der Waals surface area contributed by atoms with Crippen LogP contribution in [0.1, 0.15) is 72.1 Å². The summed E-state index contributed by atoms with van der Waals surface area (Å²) in [7, 11) is 0. The van der Waals surface area contributed by atoms with Gasteiger partial charge in [0.05, 0.1) is 24.3 Å². The molecule has 0 aliphatic heterocycles. The summed E-state index contributed by atoms with van der Waals surface area (Å²) in [5.41, 5.74) is 2.95. The largest absolute Gasteiger partial charge is 0.462 e. The number of rotatable bonds is 9. The van der Waals surface area contributed by atoms with Gasteiger partial charge in [0.2, 0.25) is 0 Å². The first-order valence-electron chi connectivity index (χ1n) is 13.3. The number of aliphatic hydroxyl groups excluding tert-OH is 2. The van der Waals surface area contributed by atoms with Crippen LogP contribution in [0, 0.1) is 23.7 Å². The van der Waals surface area contributed by atoms with E-state index in [2.05, 4.69) is 0 Å². The van der Waals surface area contributed by atoms with Gasteiger partial charge in [-0.1, -0.05) is 24.3 Å². The highest BCUT2D eigenvalue weighted by Crippen LogP contribution is 2.30. The van der Waals surface area contributed by atoms with Crippen molar-refractivity contribution in [2.45, 2.75) is 51.4 Å². The second-order valence-electron chi connectivity index (χ2n) is 10.5. The van der Waals surface area contributed by atoms with Gasteiger partial charge < -0.3 is 19.7 Å². The summed E-state index contributed by atoms with van der Waals surface area (Å²) in [6.07, 6.45) is 7.96. The SMILES string of the molecule is O=C(OCC1CCC(CO)CC1)c1ccc(-c2ccc(C(=O)OCC3CCC(CO)CC3)cc2)cc1. The predicted octanol–water partition coefficient (Wildman–Crippen LogP) is 5.26. The van der Waals surface area contributed by atoms with Crippen molar-refractivity contribution in [1.29, 1.82) is 0 Å². The Morgan fingerprint density at radius 1 is 0.556 bits per heavy atom. The number of carbonyl (C=O) groups excluding carboxylic acids is 2. The molecule has 0 spiro atoms. The lowest BCUT2D eigenvalue weighted by molar-refractivity contribution is 0.0372. The molecule has 0 atom stereocenters. The molecule has 0 bridgehead atoms. The zero-order valence-electron chi connectivity index (χ0n) is 20.9. The van der Waals surface area contributed by atoms with E-state index in [4.69, 9.17) is 9.47 Å². The highest BCUT2D eigenvalue weighted by Gasteiger charge is 2.23. The first-order chi connectivity index (χ1) is 17.6. The van der Waals surface area contributed by atoms with Crippen LogP contribution in [0.3, 0.4) is 0 Å². The van der Waals surface area contributed by atoms with Crippen LogP contribution in [0.2, 0.25) is 0 Å². The quantitative estimate of drug-likeness (QED) is 0.462. The minimum absolute atomic E-state index is 0.249. The average Bonchev–Trinajstić information content (AvgIpc) is 2.95. The molecule has 194 valence electrons. The summed E-state index contributed by atoms with van der Waals surface area (Å²) in [4.78, 5) is 24.9. The van der Waals surface area contributed by atoms with Crippen LogP contribution in [0.4, 0.5) is 0 Å². The predicted molar refractivity (Wildman–Crippen MR) is 138 cm³/mol. The van der Waals surface area contributed by atoms with Crippen molar-refractivity contribution in [3.8, 4) is 11.1 Å². The third-order valence-corrected chi connectivity index (χ3v) is 7.92. The maximum Gasteiger partial charge on any atom is 0.338 e. The van der Waals surface area contributed by atoms with E-state index in [9.17, 15) is 19.8 Å². The lowest BCUT2D eigenvalue weighted by atomic mass is 9.83. The van der Waals surface area contributed by atoms with Crippen molar-refractivity contribution >= 4 is 11.9 Å². The Bertz CT molecular complexity index is 886. The summed E-state index contributed by atoms with van der Waals surface area (Å²) in [6, 6.07) is 14.6. The van der Waals surface area contributed by atoms with Gasteiger partial charge in [-0.3, -0.25) is 0 Å². The Morgan fingerprint density at radius 2 is 0.861 bits per heavy atom. The van der Waals surface area contributed by atoms with Crippen molar-refractivity contribution in [3.05, 3.63) is 59.7 Å². The minimum atomic E-state index is -0.311. The molecule has 36 heavy (non-hydrogen) atoms. The lowest BCUT2D eigenvalue weighted by Gasteiger charge is -2.26. The van der Waals surface area contributed by atoms with E-state index in [1.807, 2.05) is 24.3 Å². The third-order valence-electron chi connectivity index (χ3n) is 7.92. The highest BCUT2D eigenvalue weighted by atomic mass is 16.5. The molecule has 2 aliphatic rings. The molecule has 0 unspecified atom stereocenters. The van der Waals surface area contributed by atoms with Crippen LogP contribution < -0.4 is 0 Å². The summed E-state index contributed by atoms with van der Waals surface area (Å²) >= 11 is 0. The second kappa shape index (κ2) is 13.0. The summed E-state index contributed by atoms with van der Waals surface area (Å²) < 4.78 is 11.1. The molecule has 2 fully saturated rings. The van der Waals surface area contributed by atoms with Crippen molar-refractivity contribution in [2.24, 2.45) is 23.7 Å². The van der Waals surface area contributed by atoms with Gasteiger partial charge in [0, 0.05) is 13.2 Å². The fraction of sp³-hybridized carbons (Fsp3) is 0.533. The average molecular weight is 495 g/mol. The molecule has 4 rings (SSSR count). The molecule has 6 heteroatoms. The Balaban J connectivity index is 1.23. The smallest absolute Gasteiger partial charge is 0.338 e. The molecule has 2 aromatic carbocycles. The van der Waals surface area contributed by atoms with E-state index in [-0.39, 0.29) is 25.2 Å². The number of ether oxygens (including phenoxy) is 2. The van der Waals surface area contributed by atoms with E-state index < -0.39 is 0 Å². The minimum Gasteiger partial charge on any atom is -0.462 e. The Morgan fingerprint density at radius 3 is 1.17 bits per heavy atom. The number of esters is 2. The Labute approximate surface area is 213 Å². The van der Waals surface area contributed by atoms with Gasteiger partial charge in [0.15, 0.2) is 0 Å². The van der Waals surface area contributed by atoms with Gasteiger partial charge >= 0.3 is 11.9 Å². The van der Waals surface area contributed by atoms with Gasteiger partial charge in [-0.05, 0) is 110 Å². The number of benzene rings is 2. The zero-order chi connectivity index (χ0) is 25.3. The zero-order valence-corrected chi connectivity index (χ0v) is 20.9. The van der Waals surface area contributed by atoms with Crippen LogP contribution in [0.5, 0.6) is 0 Å². The molecule has 2 saturated carbocycles. The second-order valence-corrected chi connectivity index (χ2v) is 10.5. The lowest BCUT2D eigenvalue weighted by Crippen LogP contribution is -2.22. The first-order valence-corrected chi connectivity index (χ1v) is 13.3. The molecule has 0 amide bonds. The number of hydrogen-bond donors (Lipinski definition) is 2. The van der Waals surface area contributed by atoms with Gasteiger partial charge in [-0.15, -0.1) is 0 Å². The van der Waals surface area contributed by atoms with E-state index in [0.29, 0.717) is 48.0 Å². The van der Waals surface area contributed by atoms with Gasteiger partial charge in [-0.25, -0.2) is 9.59 Å². The summed E-state index contributed by atoms with van der Waals surface area (Å²) in [6.45, 7) is 1.36. The molecule has 0 aromatic heterocycles. The molecule has 0 saturated heterocycles. The van der Waals surface area contributed by atoms with Gasteiger partial charge in [0.1, 0.15) is 0 Å². The molecule has 2 N–H and O–H groups in total. The van der Waals surface area contributed by atoms with E-state index >= 15 is 0 Å². The molecule has 6 nitrogen and oxygen atoms in total.